The second-order valence-corrected chi connectivity index (χ2v) is 3.96. The van der Waals surface area contributed by atoms with Crippen LogP contribution in [0.5, 0.6) is 0 Å². The van der Waals surface area contributed by atoms with Gasteiger partial charge >= 0.3 is 0 Å². The van der Waals surface area contributed by atoms with Gasteiger partial charge in [0.15, 0.2) is 0 Å². The van der Waals surface area contributed by atoms with Gasteiger partial charge in [-0.3, -0.25) is 4.79 Å². The first kappa shape index (κ1) is 12.4. The summed E-state index contributed by atoms with van der Waals surface area (Å²) >= 11 is 1.43. The maximum Gasteiger partial charge on any atom is 0.228 e. The van der Waals surface area contributed by atoms with E-state index < -0.39 is 6.29 Å². The fourth-order valence-corrected chi connectivity index (χ4v) is 2.11. The van der Waals surface area contributed by atoms with Crippen molar-refractivity contribution in [3.63, 3.8) is 0 Å². The van der Waals surface area contributed by atoms with Crippen LogP contribution in [0.3, 0.4) is 0 Å². The lowest BCUT2D eigenvalue weighted by Gasteiger charge is -2.14. The topological polar surface area (TPSA) is 35.5 Å². The Morgan fingerprint density at radius 1 is 1.40 bits per heavy atom. The first-order valence-electron chi connectivity index (χ1n) is 5.02. The van der Waals surface area contributed by atoms with Gasteiger partial charge in [-0.1, -0.05) is 0 Å². The van der Waals surface area contributed by atoms with Crippen molar-refractivity contribution >= 4 is 17.1 Å². The van der Waals surface area contributed by atoms with E-state index >= 15 is 0 Å². The van der Waals surface area contributed by atoms with Crippen LogP contribution in [0.2, 0.25) is 0 Å². The highest BCUT2D eigenvalue weighted by Crippen LogP contribution is 2.19. The van der Waals surface area contributed by atoms with E-state index in [0.717, 1.165) is 10.4 Å². The van der Waals surface area contributed by atoms with Crippen LogP contribution in [0.1, 0.15) is 29.1 Å². The number of hydrogen-bond acceptors (Lipinski definition) is 4. The van der Waals surface area contributed by atoms with Gasteiger partial charge in [0, 0.05) is 13.2 Å². The summed E-state index contributed by atoms with van der Waals surface area (Å²) in [7, 11) is 0. The zero-order chi connectivity index (χ0) is 11.3. The molecule has 0 atom stereocenters. The molecule has 0 aliphatic rings. The van der Waals surface area contributed by atoms with Gasteiger partial charge in [0.2, 0.25) is 12.1 Å². The first-order valence-corrected chi connectivity index (χ1v) is 5.90. The Morgan fingerprint density at radius 3 is 2.40 bits per heavy atom. The molecule has 1 rings (SSSR count). The average Bonchev–Trinajstić information content (AvgIpc) is 2.63. The molecule has 0 aliphatic carbocycles. The second kappa shape index (κ2) is 6.00. The molecular formula is C11H16O3S. The van der Waals surface area contributed by atoms with Gasteiger partial charge in [-0.15, -0.1) is 11.3 Å². The summed E-state index contributed by atoms with van der Waals surface area (Å²) in [5, 5.41) is 1.90. The van der Waals surface area contributed by atoms with Gasteiger partial charge in [0.1, 0.15) is 0 Å². The van der Waals surface area contributed by atoms with Crippen molar-refractivity contribution in [1.82, 2.24) is 0 Å². The zero-order valence-corrected chi connectivity index (χ0v) is 10.1. The molecule has 0 spiro atoms. The van der Waals surface area contributed by atoms with E-state index in [0.29, 0.717) is 13.2 Å². The minimum Gasteiger partial charge on any atom is -0.346 e. The number of ether oxygens (including phenoxy) is 2. The molecule has 0 N–H and O–H groups in total. The Bertz CT molecular complexity index is 313. The molecule has 15 heavy (non-hydrogen) atoms. The molecule has 84 valence electrons. The third-order valence-electron chi connectivity index (χ3n) is 1.94. The average molecular weight is 228 g/mol. The Hall–Kier alpha value is -0.710. The third-order valence-corrected chi connectivity index (χ3v) is 2.97. The summed E-state index contributed by atoms with van der Waals surface area (Å²) in [6, 6.07) is 1.92. The van der Waals surface area contributed by atoms with Gasteiger partial charge in [0.25, 0.3) is 0 Å². The number of aryl methyl sites for hydroxylation is 1. The highest BCUT2D eigenvalue weighted by atomic mass is 32.1. The molecule has 1 heterocycles. The first-order chi connectivity index (χ1) is 7.20. The van der Waals surface area contributed by atoms with Crippen molar-refractivity contribution in [2.75, 3.05) is 13.2 Å². The molecular weight excluding hydrogens is 212 g/mol. The molecule has 1 aromatic rings. The van der Waals surface area contributed by atoms with E-state index in [-0.39, 0.29) is 5.78 Å². The summed E-state index contributed by atoms with van der Waals surface area (Å²) in [5.41, 5.74) is 0.981. The summed E-state index contributed by atoms with van der Waals surface area (Å²) in [5.74, 6) is -0.0776. The molecule has 1 aromatic heterocycles. The molecule has 0 unspecified atom stereocenters. The van der Waals surface area contributed by atoms with Crippen molar-refractivity contribution in [3.05, 3.63) is 21.9 Å². The maximum absolute atomic E-state index is 12.0. The minimum atomic E-state index is -0.752. The predicted molar refractivity (Wildman–Crippen MR) is 60.4 cm³/mol. The molecule has 0 radical (unpaired) electrons. The summed E-state index contributed by atoms with van der Waals surface area (Å²) in [4.78, 5) is 12.7. The van der Waals surface area contributed by atoms with E-state index in [9.17, 15) is 4.79 Å². The van der Waals surface area contributed by atoms with E-state index in [1.807, 2.05) is 32.2 Å². The zero-order valence-electron chi connectivity index (χ0n) is 9.28. The van der Waals surface area contributed by atoms with Gasteiger partial charge in [-0.2, -0.15) is 0 Å². The van der Waals surface area contributed by atoms with Crippen LogP contribution in [0.15, 0.2) is 11.4 Å². The molecule has 0 amide bonds. The van der Waals surface area contributed by atoms with E-state index in [2.05, 4.69) is 0 Å². The number of rotatable bonds is 6. The highest BCUT2D eigenvalue weighted by Gasteiger charge is 2.22. The lowest BCUT2D eigenvalue weighted by Crippen LogP contribution is -2.27. The largest absolute Gasteiger partial charge is 0.346 e. The minimum absolute atomic E-state index is 0.0776. The quantitative estimate of drug-likeness (QED) is 0.554. The van der Waals surface area contributed by atoms with Crippen LogP contribution in [0.25, 0.3) is 0 Å². The number of thiophene rings is 1. The van der Waals surface area contributed by atoms with Gasteiger partial charge in [-0.05, 0) is 37.8 Å². The second-order valence-electron chi connectivity index (χ2n) is 3.04. The van der Waals surface area contributed by atoms with E-state index in [1.54, 1.807) is 0 Å². The number of Topliss-reactive ketones (excluding diaryl/α,β-unsaturated/α-hetero) is 1. The highest BCUT2D eigenvalue weighted by molar-refractivity contribution is 7.12. The maximum atomic E-state index is 12.0. The summed E-state index contributed by atoms with van der Waals surface area (Å²) in [6.07, 6.45) is -0.752. The Labute approximate surface area is 94.0 Å². The number of carbonyl (C=O) groups excluding carboxylic acids is 1. The van der Waals surface area contributed by atoms with E-state index in [1.165, 1.54) is 11.3 Å². The monoisotopic (exact) mass is 228 g/mol. The van der Waals surface area contributed by atoms with Crippen LogP contribution in [-0.4, -0.2) is 25.3 Å². The smallest absolute Gasteiger partial charge is 0.228 e. The lowest BCUT2D eigenvalue weighted by atomic mass is 10.2. The number of hydrogen-bond donors (Lipinski definition) is 0. The number of ketones is 1. The van der Waals surface area contributed by atoms with Gasteiger partial charge in [-0.25, -0.2) is 0 Å². The Kier molecular flexibility index (Phi) is 4.94. The van der Waals surface area contributed by atoms with Crippen LogP contribution in [-0.2, 0) is 9.47 Å². The molecule has 3 nitrogen and oxygen atoms in total. The standard InChI is InChI=1S/C11H16O3S/c1-4-13-11(14-5-2)9(12)10-8(3)6-7-15-10/h6-7,11H,4-5H2,1-3H3. The van der Waals surface area contributed by atoms with Gasteiger partial charge < -0.3 is 9.47 Å². The van der Waals surface area contributed by atoms with Crippen molar-refractivity contribution in [2.24, 2.45) is 0 Å². The van der Waals surface area contributed by atoms with Crippen molar-refractivity contribution < 1.29 is 14.3 Å². The Balaban J connectivity index is 2.76. The molecule has 0 aromatic carbocycles. The molecule has 4 heteroatoms. The summed E-state index contributed by atoms with van der Waals surface area (Å²) < 4.78 is 10.5. The summed E-state index contributed by atoms with van der Waals surface area (Å²) in [6.45, 7) is 6.56. The SMILES string of the molecule is CCOC(OCC)C(=O)c1sccc1C. The van der Waals surface area contributed by atoms with E-state index in [4.69, 9.17) is 9.47 Å². The fourth-order valence-electron chi connectivity index (χ4n) is 1.23. The number of carbonyl (C=O) groups is 1. The molecule has 0 bridgehead atoms. The third kappa shape index (κ3) is 3.12. The molecule has 0 fully saturated rings. The predicted octanol–water partition coefficient (Wildman–Crippen LogP) is 2.64. The van der Waals surface area contributed by atoms with Crippen molar-refractivity contribution in [3.8, 4) is 0 Å². The molecule has 0 aliphatic heterocycles. The Morgan fingerprint density at radius 2 is 2.00 bits per heavy atom. The fraction of sp³-hybridized carbons (Fsp3) is 0.545. The van der Waals surface area contributed by atoms with Crippen molar-refractivity contribution in [1.29, 1.82) is 0 Å². The van der Waals surface area contributed by atoms with Gasteiger partial charge in [0.05, 0.1) is 4.88 Å². The van der Waals surface area contributed by atoms with Crippen LogP contribution >= 0.6 is 11.3 Å². The normalized spacial score (nSPS) is 10.9. The van der Waals surface area contributed by atoms with Crippen LogP contribution in [0, 0.1) is 6.92 Å². The molecule has 0 saturated carbocycles. The van der Waals surface area contributed by atoms with Crippen molar-refractivity contribution in [2.45, 2.75) is 27.1 Å². The van der Waals surface area contributed by atoms with Crippen LogP contribution in [0.4, 0.5) is 0 Å². The lowest BCUT2D eigenvalue weighted by molar-refractivity contribution is -0.107. The molecule has 0 saturated heterocycles. The van der Waals surface area contributed by atoms with Crippen LogP contribution < -0.4 is 0 Å².